The number of azo groups is 1. The smallest absolute Gasteiger partial charge is 0.270 e. The van der Waals surface area contributed by atoms with Crippen molar-refractivity contribution in [2.75, 3.05) is 5.32 Å². The summed E-state index contributed by atoms with van der Waals surface area (Å²) in [5.41, 5.74) is 1.67. The number of halogens is 1. The molecule has 0 aromatic heterocycles. The molecule has 0 atom stereocenters. The zero-order chi connectivity index (χ0) is 19.2. The Morgan fingerprint density at radius 1 is 0.926 bits per heavy atom. The number of non-ortho nitro benzene ring substituents is 1. The SMILES string of the molecule is O=C(Nc1ccc(N=Nc2ccccc2)cc1)c1cc([N+](=O)[O-])ccc1Cl. The molecule has 0 saturated carbocycles. The van der Waals surface area contributed by atoms with Crippen LogP contribution in [0.4, 0.5) is 22.7 Å². The fourth-order valence-electron chi connectivity index (χ4n) is 2.22. The monoisotopic (exact) mass is 380 g/mol. The largest absolute Gasteiger partial charge is 0.322 e. The van der Waals surface area contributed by atoms with Crippen LogP contribution in [0.5, 0.6) is 0 Å². The number of anilines is 1. The lowest BCUT2D eigenvalue weighted by molar-refractivity contribution is -0.384. The van der Waals surface area contributed by atoms with E-state index in [4.69, 9.17) is 11.6 Å². The first-order valence-corrected chi connectivity index (χ1v) is 8.23. The van der Waals surface area contributed by atoms with E-state index in [-0.39, 0.29) is 16.3 Å². The van der Waals surface area contributed by atoms with E-state index in [1.165, 1.54) is 12.1 Å². The van der Waals surface area contributed by atoms with E-state index in [9.17, 15) is 14.9 Å². The molecule has 0 aliphatic carbocycles. The van der Waals surface area contributed by atoms with Crippen LogP contribution in [0.2, 0.25) is 5.02 Å². The van der Waals surface area contributed by atoms with Crippen LogP contribution >= 0.6 is 11.6 Å². The van der Waals surface area contributed by atoms with Gasteiger partial charge in [-0.2, -0.15) is 10.2 Å². The van der Waals surface area contributed by atoms with Gasteiger partial charge in [0.05, 0.1) is 26.9 Å². The number of nitrogens with one attached hydrogen (secondary N) is 1. The summed E-state index contributed by atoms with van der Waals surface area (Å²) in [7, 11) is 0. The van der Waals surface area contributed by atoms with Gasteiger partial charge in [0.1, 0.15) is 0 Å². The fraction of sp³-hybridized carbons (Fsp3) is 0. The molecule has 0 radical (unpaired) electrons. The molecule has 8 heteroatoms. The molecule has 3 aromatic carbocycles. The van der Waals surface area contributed by atoms with Crippen LogP contribution in [0, 0.1) is 10.1 Å². The van der Waals surface area contributed by atoms with Crippen LogP contribution < -0.4 is 5.32 Å². The number of hydrogen-bond donors (Lipinski definition) is 1. The molecule has 3 aromatic rings. The van der Waals surface area contributed by atoms with Crippen molar-refractivity contribution in [1.29, 1.82) is 0 Å². The van der Waals surface area contributed by atoms with E-state index in [0.29, 0.717) is 11.4 Å². The van der Waals surface area contributed by atoms with Crippen molar-refractivity contribution in [3.8, 4) is 0 Å². The number of nitro groups is 1. The van der Waals surface area contributed by atoms with Crippen LogP contribution in [0.25, 0.3) is 0 Å². The lowest BCUT2D eigenvalue weighted by atomic mass is 10.2. The molecule has 1 N–H and O–H groups in total. The highest BCUT2D eigenvalue weighted by molar-refractivity contribution is 6.34. The van der Waals surface area contributed by atoms with E-state index in [2.05, 4.69) is 15.5 Å². The van der Waals surface area contributed by atoms with Gasteiger partial charge < -0.3 is 5.32 Å². The Labute approximate surface area is 159 Å². The van der Waals surface area contributed by atoms with Crippen LogP contribution in [-0.2, 0) is 0 Å². The molecule has 0 aliphatic heterocycles. The van der Waals surface area contributed by atoms with Gasteiger partial charge in [0.2, 0.25) is 0 Å². The average molecular weight is 381 g/mol. The maximum Gasteiger partial charge on any atom is 0.270 e. The highest BCUT2D eigenvalue weighted by Gasteiger charge is 2.16. The summed E-state index contributed by atoms with van der Waals surface area (Å²) in [6.07, 6.45) is 0. The normalized spacial score (nSPS) is 10.7. The first-order valence-electron chi connectivity index (χ1n) is 7.85. The van der Waals surface area contributed by atoms with Crippen molar-refractivity contribution in [3.63, 3.8) is 0 Å². The Balaban J connectivity index is 1.71. The van der Waals surface area contributed by atoms with Gasteiger partial charge in [-0.25, -0.2) is 0 Å². The summed E-state index contributed by atoms with van der Waals surface area (Å²) in [5, 5.41) is 21.9. The highest BCUT2D eigenvalue weighted by Crippen LogP contribution is 2.24. The Morgan fingerprint density at radius 3 is 2.19 bits per heavy atom. The molecule has 0 heterocycles. The molecular formula is C19H13ClN4O3. The third kappa shape index (κ3) is 4.74. The molecule has 0 saturated heterocycles. The number of benzene rings is 3. The predicted molar refractivity (Wildman–Crippen MR) is 103 cm³/mol. The summed E-state index contributed by atoms with van der Waals surface area (Å²) in [4.78, 5) is 22.6. The van der Waals surface area contributed by atoms with Crippen molar-refractivity contribution in [2.45, 2.75) is 0 Å². The van der Waals surface area contributed by atoms with Gasteiger partial charge in [0.15, 0.2) is 0 Å². The third-order valence-corrected chi connectivity index (χ3v) is 3.90. The van der Waals surface area contributed by atoms with Crippen molar-refractivity contribution < 1.29 is 9.72 Å². The zero-order valence-electron chi connectivity index (χ0n) is 13.9. The van der Waals surface area contributed by atoms with Crippen LogP contribution in [-0.4, -0.2) is 10.8 Å². The molecule has 1 amide bonds. The first-order chi connectivity index (χ1) is 13.0. The lowest BCUT2D eigenvalue weighted by Crippen LogP contribution is -2.12. The number of carbonyl (C=O) groups excluding carboxylic acids is 1. The number of rotatable bonds is 5. The van der Waals surface area contributed by atoms with Gasteiger partial charge in [0.25, 0.3) is 11.6 Å². The molecule has 0 aliphatic rings. The highest BCUT2D eigenvalue weighted by atomic mass is 35.5. The quantitative estimate of drug-likeness (QED) is 0.338. The number of hydrogen-bond acceptors (Lipinski definition) is 5. The number of carbonyl (C=O) groups is 1. The van der Waals surface area contributed by atoms with Gasteiger partial charge >= 0.3 is 0 Å². The Kier molecular flexibility index (Phi) is 5.53. The Hall–Kier alpha value is -3.58. The van der Waals surface area contributed by atoms with E-state index < -0.39 is 10.8 Å². The summed E-state index contributed by atoms with van der Waals surface area (Å²) >= 11 is 5.98. The molecule has 0 unspecified atom stereocenters. The second-order valence-electron chi connectivity index (χ2n) is 5.46. The summed E-state index contributed by atoms with van der Waals surface area (Å²) < 4.78 is 0. The topological polar surface area (TPSA) is 97.0 Å². The minimum atomic E-state index is -0.584. The minimum Gasteiger partial charge on any atom is -0.322 e. The van der Waals surface area contributed by atoms with E-state index in [0.717, 1.165) is 11.8 Å². The third-order valence-electron chi connectivity index (χ3n) is 3.57. The summed E-state index contributed by atoms with van der Waals surface area (Å²) in [6, 6.07) is 19.7. The van der Waals surface area contributed by atoms with Crippen molar-refractivity contribution in [3.05, 3.63) is 93.5 Å². The standard InChI is InChI=1S/C19H13ClN4O3/c20-18-11-10-16(24(26)27)12-17(18)19(25)21-13-6-8-15(9-7-13)23-22-14-4-2-1-3-5-14/h1-12H,(H,21,25). The molecule has 0 spiro atoms. The van der Waals surface area contributed by atoms with Crippen molar-refractivity contribution >= 4 is 40.3 Å². The molecule has 27 heavy (non-hydrogen) atoms. The summed E-state index contributed by atoms with van der Waals surface area (Å²) in [6.45, 7) is 0. The van der Waals surface area contributed by atoms with E-state index in [1.807, 2.05) is 30.3 Å². The Bertz CT molecular complexity index is 1010. The molecular weight excluding hydrogens is 368 g/mol. The van der Waals surface area contributed by atoms with Crippen molar-refractivity contribution in [2.24, 2.45) is 10.2 Å². The molecule has 134 valence electrons. The minimum absolute atomic E-state index is 0.0266. The van der Waals surface area contributed by atoms with E-state index in [1.54, 1.807) is 24.3 Å². The van der Waals surface area contributed by atoms with Crippen LogP contribution in [0.1, 0.15) is 10.4 Å². The zero-order valence-corrected chi connectivity index (χ0v) is 14.6. The first kappa shape index (κ1) is 18.2. The number of nitrogens with zero attached hydrogens (tertiary/aromatic N) is 3. The Morgan fingerprint density at radius 2 is 1.56 bits per heavy atom. The van der Waals surface area contributed by atoms with Gasteiger partial charge in [0, 0.05) is 17.8 Å². The van der Waals surface area contributed by atoms with E-state index >= 15 is 0 Å². The second-order valence-corrected chi connectivity index (χ2v) is 5.87. The second kappa shape index (κ2) is 8.20. The number of amides is 1. The molecule has 7 nitrogen and oxygen atoms in total. The molecule has 3 rings (SSSR count). The number of nitro benzene ring substituents is 1. The molecule has 0 bridgehead atoms. The predicted octanol–water partition coefficient (Wildman–Crippen LogP) is 5.92. The average Bonchev–Trinajstić information content (AvgIpc) is 2.68. The fourth-order valence-corrected chi connectivity index (χ4v) is 2.42. The maximum atomic E-state index is 12.3. The van der Waals surface area contributed by atoms with Crippen LogP contribution in [0.3, 0.4) is 0 Å². The molecule has 0 fully saturated rings. The van der Waals surface area contributed by atoms with Gasteiger partial charge in [-0.05, 0) is 42.5 Å². The van der Waals surface area contributed by atoms with Gasteiger partial charge in [-0.3, -0.25) is 14.9 Å². The van der Waals surface area contributed by atoms with Gasteiger partial charge in [-0.15, -0.1) is 0 Å². The van der Waals surface area contributed by atoms with Crippen LogP contribution in [0.15, 0.2) is 83.0 Å². The van der Waals surface area contributed by atoms with Gasteiger partial charge in [-0.1, -0.05) is 29.8 Å². The maximum absolute atomic E-state index is 12.3. The van der Waals surface area contributed by atoms with Crippen molar-refractivity contribution in [1.82, 2.24) is 0 Å². The lowest BCUT2D eigenvalue weighted by Gasteiger charge is -2.07. The summed E-state index contributed by atoms with van der Waals surface area (Å²) in [5.74, 6) is -0.539.